The smallest absolute Gasteiger partial charge is 0.255 e. The van der Waals surface area contributed by atoms with E-state index in [4.69, 9.17) is 15.2 Å². The van der Waals surface area contributed by atoms with Gasteiger partial charge in [0.15, 0.2) is 0 Å². The van der Waals surface area contributed by atoms with Crippen LogP contribution in [0.5, 0.6) is 11.5 Å². The van der Waals surface area contributed by atoms with Gasteiger partial charge in [0, 0.05) is 10.5 Å². The van der Waals surface area contributed by atoms with Crippen LogP contribution in [0, 0.1) is 0 Å². The molecule has 2 aromatic carbocycles. The number of thioether (sulfide) groups is 1. The fourth-order valence-electron chi connectivity index (χ4n) is 2.04. The predicted molar refractivity (Wildman–Crippen MR) is 102 cm³/mol. The largest absolute Gasteiger partial charge is 0.495 e. The van der Waals surface area contributed by atoms with Crippen LogP contribution in [-0.4, -0.2) is 31.8 Å². The van der Waals surface area contributed by atoms with Gasteiger partial charge in [-0.3, -0.25) is 9.59 Å². The fraction of sp³-hybridized carbons (Fsp3) is 0.176. The van der Waals surface area contributed by atoms with Gasteiger partial charge in [-0.15, -0.1) is 11.8 Å². The third-order valence-electron chi connectivity index (χ3n) is 3.21. The summed E-state index contributed by atoms with van der Waals surface area (Å²) < 4.78 is 11.1. The molecular formula is C17H17BrN2O4S. The number of nitrogens with one attached hydrogen (secondary N) is 1. The molecule has 8 heteroatoms. The summed E-state index contributed by atoms with van der Waals surface area (Å²) in [6.45, 7) is 0. The van der Waals surface area contributed by atoms with E-state index in [9.17, 15) is 9.59 Å². The second kappa shape index (κ2) is 8.77. The minimum atomic E-state index is -0.423. The highest BCUT2D eigenvalue weighted by Gasteiger charge is 2.16. The van der Waals surface area contributed by atoms with Crippen molar-refractivity contribution in [2.45, 2.75) is 4.90 Å². The molecule has 0 aliphatic carbocycles. The van der Waals surface area contributed by atoms with Gasteiger partial charge in [-0.1, -0.05) is 12.1 Å². The first-order valence-electron chi connectivity index (χ1n) is 7.19. The fourth-order valence-corrected chi connectivity index (χ4v) is 3.34. The lowest BCUT2D eigenvalue weighted by Gasteiger charge is -2.13. The van der Waals surface area contributed by atoms with Crippen molar-refractivity contribution in [1.82, 2.24) is 0 Å². The number of anilines is 1. The SMILES string of the molecule is COc1cc(C(=O)Nc2ccccc2SCC(N)=O)cc(OC)c1Br. The number of halogens is 1. The third kappa shape index (κ3) is 4.90. The number of rotatable bonds is 7. The van der Waals surface area contributed by atoms with Crippen LogP contribution >= 0.6 is 27.7 Å². The molecule has 0 heterocycles. The highest BCUT2D eigenvalue weighted by Crippen LogP contribution is 2.36. The van der Waals surface area contributed by atoms with E-state index < -0.39 is 5.91 Å². The monoisotopic (exact) mass is 424 g/mol. The predicted octanol–water partition coefficient (Wildman–Crippen LogP) is 3.30. The molecule has 2 amide bonds. The average molecular weight is 425 g/mol. The first kappa shape index (κ1) is 19.1. The number of hydrogen-bond donors (Lipinski definition) is 2. The van der Waals surface area contributed by atoms with E-state index in [-0.39, 0.29) is 11.7 Å². The van der Waals surface area contributed by atoms with Gasteiger partial charge in [0.25, 0.3) is 5.91 Å². The molecule has 2 rings (SSSR count). The summed E-state index contributed by atoms with van der Waals surface area (Å²) in [5, 5.41) is 2.83. The zero-order valence-electron chi connectivity index (χ0n) is 13.7. The number of amides is 2. The zero-order valence-corrected chi connectivity index (χ0v) is 16.1. The van der Waals surface area contributed by atoms with Crippen molar-refractivity contribution < 1.29 is 19.1 Å². The van der Waals surface area contributed by atoms with Crippen molar-refractivity contribution in [3.8, 4) is 11.5 Å². The minimum Gasteiger partial charge on any atom is -0.495 e. The standard InChI is InChI=1S/C17H17BrN2O4S/c1-23-12-7-10(8-13(24-2)16(12)18)17(22)20-11-5-3-4-6-14(11)25-9-15(19)21/h3-8H,9H2,1-2H3,(H2,19,21)(H,20,22). The summed E-state index contributed by atoms with van der Waals surface area (Å²) in [6, 6.07) is 10.4. The molecule has 0 saturated heterocycles. The maximum Gasteiger partial charge on any atom is 0.255 e. The Morgan fingerprint density at radius 3 is 2.32 bits per heavy atom. The molecule has 0 unspecified atom stereocenters. The van der Waals surface area contributed by atoms with Crippen molar-refractivity contribution in [3.05, 3.63) is 46.4 Å². The van der Waals surface area contributed by atoms with Crippen LogP contribution in [0.15, 0.2) is 45.8 Å². The summed E-state index contributed by atoms with van der Waals surface area (Å²) in [6.07, 6.45) is 0. The number of methoxy groups -OCH3 is 2. The number of hydrogen-bond acceptors (Lipinski definition) is 5. The van der Waals surface area contributed by atoms with E-state index in [1.165, 1.54) is 26.0 Å². The Hall–Kier alpha value is -2.19. The quantitative estimate of drug-likeness (QED) is 0.665. The number of nitrogens with two attached hydrogens (primary N) is 1. The van der Waals surface area contributed by atoms with Gasteiger partial charge in [-0.25, -0.2) is 0 Å². The van der Waals surface area contributed by atoms with Gasteiger partial charge < -0.3 is 20.5 Å². The van der Waals surface area contributed by atoms with E-state index >= 15 is 0 Å². The summed E-state index contributed by atoms with van der Waals surface area (Å²) >= 11 is 4.63. The number of carbonyl (C=O) groups excluding carboxylic acids is 2. The van der Waals surface area contributed by atoms with Gasteiger partial charge in [0.1, 0.15) is 16.0 Å². The van der Waals surface area contributed by atoms with Crippen LogP contribution in [-0.2, 0) is 4.79 Å². The molecule has 0 saturated carbocycles. The molecule has 0 spiro atoms. The molecule has 0 aromatic heterocycles. The Kier molecular flexibility index (Phi) is 6.72. The first-order valence-corrected chi connectivity index (χ1v) is 8.97. The Bertz CT molecular complexity index is 773. The summed E-state index contributed by atoms with van der Waals surface area (Å²) in [5.74, 6) is 0.360. The van der Waals surface area contributed by atoms with Crippen molar-refractivity contribution in [2.75, 3.05) is 25.3 Å². The van der Waals surface area contributed by atoms with Crippen LogP contribution in [0.3, 0.4) is 0 Å². The Morgan fingerprint density at radius 2 is 1.76 bits per heavy atom. The minimum absolute atomic E-state index is 0.132. The van der Waals surface area contributed by atoms with Crippen molar-refractivity contribution in [2.24, 2.45) is 5.73 Å². The second-order valence-electron chi connectivity index (χ2n) is 4.90. The van der Waals surface area contributed by atoms with E-state index in [0.717, 1.165) is 4.90 Å². The Morgan fingerprint density at radius 1 is 1.16 bits per heavy atom. The summed E-state index contributed by atoms with van der Waals surface area (Å²) in [4.78, 5) is 24.4. The van der Waals surface area contributed by atoms with Gasteiger partial charge in [0.2, 0.25) is 5.91 Å². The summed E-state index contributed by atoms with van der Waals surface area (Å²) in [5.41, 5.74) is 6.16. The van der Waals surface area contributed by atoms with Crippen LogP contribution in [0.2, 0.25) is 0 Å². The molecule has 0 aliphatic heterocycles. The molecule has 0 radical (unpaired) electrons. The molecule has 6 nitrogen and oxygen atoms in total. The van der Waals surface area contributed by atoms with Gasteiger partial charge >= 0.3 is 0 Å². The molecule has 3 N–H and O–H groups in total. The zero-order chi connectivity index (χ0) is 18.4. The Labute approximate surface area is 158 Å². The van der Waals surface area contributed by atoms with Crippen molar-refractivity contribution in [1.29, 1.82) is 0 Å². The number of primary amides is 1. The van der Waals surface area contributed by atoms with Crippen molar-refractivity contribution >= 4 is 45.2 Å². The first-order chi connectivity index (χ1) is 12.0. The van der Waals surface area contributed by atoms with E-state index in [0.29, 0.717) is 27.2 Å². The number of carbonyl (C=O) groups is 2. The second-order valence-corrected chi connectivity index (χ2v) is 6.71. The topological polar surface area (TPSA) is 90.6 Å². The maximum atomic E-state index is 12.6. The highest BCUT2D eigenvalue weighted by molar-refractivity contribution is 9.10. The van der Waals surface area contributed by atoms with Gasteiger partial charge in [0.05, 0.1) is 25.7 Å². The lowest BCUT2D eigenvalue weighted by molar-refractivity contribution is -0.115. The Balaban J connectivity index is 2.27. The molecule has 0 aliphatic rings. The maximum absolute atomic E-state index is 12.6. The van der Waals surface area contributed by atoms with Crippen molar-refractivity contribution in [3.63, 3.8) is 0 Å². The third-order valence-corrected chi connectivity index (χ3v) is 5.09. The summed E-state index contributed by atoms with van der Waals surface area (Å²) in [7, 11) is 3.02. The van der Waals surface area contributed by atoms with Crippen LogP contribution < -0.4 is 20.5 Å². The lowest BCUT2D eigenvalue weighted by Crippen LogP contribution is -2.15. The molecule has 0 atom stereocenters. The van der Waals surface area contributed by atoms with Gasteiger partial charge in [-0.2, -0.15) is 0 Å². The molecule has 0 fully saturated rings. The molecule has 2 aromatic rings. The highest BCUT2D eigenvalue weighted by atomic mass is 79.9. The number of ether oxygens (including phenoxy) is 2. The van der Waals surface area contributed by atoms with Crippen LogP contribution in [0.1, 0.15) is 10.4 Å². The number of benzene rings is 2. The van der Waals surface area contributed by atoms with Crippen LogP contribution in [0.4, 0.5) is 5.69 Å². The molecule has 0 bridgehead atoms. The number of para-hydroxylation sites is 1. The van der Waals surface area contributed by atoms with E-state index in [1.54, 1.807) is 24.3 Å². The van der Waals surface area contributed by atoms with Crippen LogP contribution in [0.25, 0.3) is 0 Å². The lowest BCUT2D eigenvalue weighted by atomic mass is 10.1. The normalized spacial score (nSPS) is 10.2. The van der Waals surface area contributed by atoms with Gasteiger partial charge in [-0.05, 0) is 40.2 Å². The average Bonchev–Trinajstić information content (AvgIpc) is 2.61. The molecule has 25 heavy (non-hydrogen) atoms. The van der Waals surface area contributed by atoms with E-state index in [1.807, 2.05) is 12.1 Å². The molecular weight excluding hydrogens is 408 g/mol. The van der Waals surface area contributed by atoms with E-state index in [2.05, 4.69) is 21.2 Å². The molecule has 132 valence electrons.